The molecule has 0 saturated heterocycles. The number of aliphatic carboxylic acids is 1. The third kappa shape index (κ3) is 6.49. The number of carbonyl (C=O) groups is 1. The Kier molecular flexibility index (Phi) is 7.29. The lowest BCUT2D eigenvalue weighted by Gasteiger charge is -2.07. The number of thioether (sulfide) groups is 1. The molecule has 1 atom stereocenters. The van der Waals surface area contributed by atoms with Crippen molar-refractivity contribution in [2.24, 2.45) is 0 Å². The molecule has 0 aliphatic rings. The first kappa shape index (κ1) is 11.8. The van der Waals surface area contributed by atoms with Crippen molar-refractivity contribution < 1.29 is 14.6 Å². The van der Waals surface area contributed by atoms with E-state index < -0.39 is 12.1 Å². The summed E-state index contributed by atoms with van der Waals surface area (Å²) < 4.78 is 5.04. The summed E-state index contributed by atoms with van der Waals surface area (Å²) >= 11 is 1.84. The Labute approximate surface area is 77.5 Å². The van der Waals surface area contributed by atoms with E-state index >= 15 is 0 Å². The van der Waals surface area contributed by atoms with Gasteiger partial charge in [-0.05, 0) is 24.9 Å². The van der Waals surface area contributed by atoms with Crippen LogP contribution >= 0.6 is 11.8 Å². The molecule has 72 valence electrons. The molecule has 0 aromatic carbocycles. The summed E-state index contributed by atoms with van der Waals surface area (Å²) in [5, 5.41) is 8.45. The van der Waals surface area contributed by atoms with Crippen LogP contribution < -0.4 is 0 Å². The van der Waals surface area contributed by atoms with Gasteiger partial charge in [0, 0.05) is 6.61 Å². The maximum absolute atomic E-state index is 10.3. The summed E-state index contributed by atoms with van der Waals surface area (Å²) in [7, 11) is 0. The molecule has 0 rings (SSSR count). The van der Waals surface area contributed by atoms with Crippen molar-refractivity contribution in [3.63, 3.8) is 0 Å². The topological polar surface area (TPSA) is 46.5 Å². The molecule has 0 aliphatic carbocycles. The van der Waals surface area contributed by atoms with Crippen LogP contribution in [-0.4, -0.2) is 35.3 Å². The summed E-state index contributed by atoms with van der Waals surface area (Å²) in [6, 6.07) is 0. The minimum atomic E-state index is -0.891. The number of ether oxygens (including phenoxy) is 1. The van der Waals surface area contributed by atoms with E-state index in [-0.39, 0.29) is 0 Å². The van der Waals surface area contributed by atoms with Crippen molar-refractivity contribution in [3.8, 4) is 0 Å². The van der Waals surface area contributed by atoms with Crippen LogP contribution in [0.2, 0.25) is 0 Å². The first-order chi connectivity index (χ1) is 5.68. The average molecular weight is 192 g/mol. The highest BCUT2D eigenvalue weighted by Crippen LogP contribution is 2.01. The van der Waals surface area contributed by atoms with Gasteiger partial charge in [0.25, 0.3) is 0 Å². The minimum absolute atomic E-state index is 0.542. The molecule has 3 nitrogen and oxygen atoms in total. The van der Waals surface area contributed by atoms with Gasteiger partial charge in [-0.25, -0.2) is 4.79 Å². The molecule has 0 aliphatic heterocycles. The predicted molar refractivity (Wildman–Crippen MR) is 50.7 cm³/mol. The van der Waals surface area contributed by atoms with E-state index in [2.05, 4.69) is 6.92 Å². The molecular formula is C8H16O3S. The second-order valence-corrected chi connectivity index (χ2v) is 3.80. The fraction of sp³-hybridized carbons (Fsp3) is 0.875. The molecule has 0 fully saturated rings. The molecule has 0 bridgehead atoms. The smallest absolute Gasteiger partial charge is 0.332 e. The fourth-order valence-electron chi connectivity index (χ4n) is 0.637. The molecule has 4 heteroatoms. The molecule has 0 amide bonds. The van der Waals surface area contributed by atoms with Gasteiger partial charge < -0.3 is 9.84 Å². The number of carboxylic acid groups (broad SMARTS) is 1. The van der Waals surface area contributed by atoms with Crippen molar-refractivity contribution in [1.29, 1.82) is 0 Å². The molecule has 0 aromatic rings. The van der Waals surface area contributed by atoms with Gasteiger partial charge in [-0.2, -0.15) is 11.8 Å². The van der Waals surface area contributed by atoms with E-state index in [0.717, 1.165) is 17.9 Å². The summed E-state index contributed by atoms with van der Waals surface area (Å²) in [6.07, 6.45) is 0.257. The van der Waals surface area contributed by atoms with Gasteiger partial charge in [-0.15, -0.1) is 0 Å². The van der Waals surface area contributed by atoms with Gasteiger partial charge >= 0.3 is 5.97 Å². The standard InChI is InChI=1S/C8H16O3S/c1-3-12-6-4-5-11-7(2)8(9)10/h7H,3-6H2,1-2H3,(H,9,10)/t7-/m1/s1. The molecule has 12 heavy (non-hydrogen) atoms. The highest BCUT2D eigenvalue weighted by Gasteiger charge is 2.09. The number of hydrogen-bond donors (Lipinski definition) is 1. The molecule has 0 unspecified atom stereocenters. The third-order valence-electron chi connectivity index (χ3n) is 1.35. The van der Waals surface area contributed by atoms with Crippen LogP contribution in [0.4, 0.5) is 0 Å². The predicted octanol–water partition coefficient (Wildman–Crippen LogP) is 1.62. The normalized spacial score (nSPS) is 12.8. The molecule has 0 radical (unpaired) electrons. The van der Waals surface area contributed by atoms with Gasteiger partial charge in [0.05, 0.1) is 0 Å². The van der Waals surface area contributed by atoms with Crippen LogP contribution in [0.3, 0.4) is 0 Å². The molecular weight excluding hydrogens is 176 g/mol. The van der Waals surface area contributed by atoms with Gasteiger partial charge in [0.1, 0.15) is 0 Å². The van der Waals surface area contributed by atoms with E-state index in [1.807, 2.05) is 11.8 Å². The Bertz CT molecular complexity index is 127. The lowest BCUT2D eigenvalue weighted by atomic mass is 10.4. The first-order valence-electron chi connectivity index (χ1n) is 4.10. The average Bonchev–Trinajstić information content (AvgIpc) is 2.03. The van der Waals surface area contributed by atoms with Crippen LogP contribution in [0.15, 0.2) is 0 Å². The number of carboxylic acids is 1. The Balaban J connectivity index is 3.14. The monoisotopic (exact) mass is 192 g/mol. The van der Waals surface area contributed by atoms with Crippen LogP contribution in [-0.2, 0) is 9.53 Å². The van der Waals surface area contributed by atoms with E-state index in [1.165, 1.54) is 0 Å². The van der Waals surface area contributed by atoms with Crippen molar-refractivity contribution >= 4 is 17.7 Å². The van der Waals surface area contributed by atoms with E-state index in [1.54, 1.807) is 6.92 Å². The van der Waals surface area contributed by atoms with Crippen LogP contribution in [0.25, 0.3) is 0 Å². The van der Waals surface area contributed by atoms with Crippen LogP contribution in [0.5, 0.6) is 0 Å². The second-order valence-electron chi connectivity index (χ2n) is 2.40. The number of hydrogen-bond acceptors (Lipinski definition) is 3. The molecule has 0 saturated carbocycles. The minimum Gasteiger partial charge on any atom is -0.479 e. The van der Waals surface area contributed by atoms with Crippen molar-refractivity contribution in [3.05, 3.63) is 0 Å². The van der Waals surface area contributed by atoms with E-state index in [4.69, 9.17) is 9.84 Å². The first-order valence-corrected chi connectivity index (χ1v) is 5.26. The maximum Gasteiger partial charge on any atom is 0.332 e. The highest BCUT2D eigenvalue weighted by atomic mass is 32.2. The highest BCUT2D eigenvalue weighted by molar-refractivity contribution is 7.99. The van der Waals surface area contributed by atoms with Gasteiger partial charge in [0.2, 0.25) is 0 Å². The molecule has 0 spiro atoms. The maximum atomic E-state index is 10.3. The largest absolute Gasteiger partial charge is 0.479 e. The summed E-state index contributed by atoms with van der Waals surface area (Å²) in [5.74, 6) is 1.26. The lowest BCUT2D eigenvalue weighted by Crippen LogP contribution is -2.20. The Morgan fingerprint density at radius 3 is 2.83 bits per heavy atom. The Morgan fingerprint density at radius 1 is 1.67 bits per heavy atom. The van der Waals surface area contributed by atoms with Crippen LogP contribution in [0, 0.1) is 0 Å². The van der Waals surface area contributed by atoms with Crippen LogP contribution in [0.1, 0.15) is 20.3 Å². The summed E-state index contributed by atoms with van der Waals surface area (Å²) in [4.78, 5) is 10.3. The Hall–Kier alpha value is -0.220. The Morgan fingerprint density at radius 2 is 2.33 bits per heavy atom. The van der Waals surface area contributed by atoms with Gasteiger partial charge in [0.15, 0.2) is 6.10 Å². The molecule has 0 heterocycles. The SMILES string of the molecule is CCSCCCO[C@H](C)C(=O)O. The van der Waals surface area contributed by atoms with Gasteiger partial charge in [-0.1, -0.05) is 6.92 Å². The summed E-state index contributed by atoms with van der Waals surface area (Å²) in [6.45, 7) is 4.20. The second kappa shape index (κ2) is 7.43. The zero-order valence-corrected chi connectivity index (χ0v) is 8.39. The van der Waals surface area contributed by atoms with Crippen molar-refractivity contribution in [1.82, 2.24) is 0 Å². The molecule has 1 N–H and O–H groups in total. The molecule has 0 aromatic heterocycles. The van der Waals surface area contributed by atoms with E-state index in [0.29, 0.717) is 6.61 Å². The third-order valence-corrected chi connectivity index (χ3v) is 2.34. The lowest BCUT2D eigenvalue weighted by molar-refractivity contribution is -0.149. The summed E-state index contributed by atoms with van der Waals surface area (Å²) in [5.41, 5.74) is 0. The van der Waals surface area contributed by atoms with Gasteiger partial charge in [-0.3, -0.25) is 0 Å². The quantitative estimate of drug-likeness (QED) is 0.623. The number of rotatable bonds is 7. The fourth-order valence-corrected chi connectivity index (χ4v) is 1.25. The van der Waals surface area contributed by atoms with Crippen molar-refractivity contribution in [2.45, 2.75) is 26.4 Å². The van der Waals surface area contributed by atoms with E-state index in [9.17, 15) is 4.79 Å². The zero-order chi connectivity index (χ0) is 9.40. The van der Waals surface area contributed by atoms with Crippen molar-refractivity contribution in [2.75, 3.05) is 18.1 Å². The zero-order valence-electron chi connectivity index (χ0n) is 7.58.